The van der Waals surface area contributed by atoms with E-state index in [-0.39, 0.29) is 35.7 Å². The number of aromatic nitrogens is 3. The lowest BCUT2D eigenvalue weighted by atomic mass is 10.2. The molecule has 0 radical (unpaired) electrons. The number of nitrogens with two attached hydrogens (primary N) is 1. The summed E-state index contributed by atoms with van der Waals surface area (Å²) < 4.78 is 10.8. The highest BCUT2D eigenvalue weighted by Gasteiger charge is 2.26. The van der Waals surface area contributed by atoms with Crippen LogP contribution >= 0.6 is 0 Å². The van der Waals surface area contributed by atoms with Gasteiger partial charge in [-0.2, -0.15) is 5.10 Å². The second-order valence-corrected chi connectivity index (χ2v) is 4.12. The van der Waals surface area contributed by atoms with Crippen LogP contribution in [0.4, 0.5) is 0 Å². The maximum atomic E-state index is 12.1. The van der Waals surface area contributed by atoms with E-state index in [1.807, 2.05) is 0 Å². The van der Waals surface area contributed by atoms with Crippen molar-refractivity contribution in [3.8, 4) is 0 Å². The Morgan fingerprint density at radius 3 is 2.32 bits per heavy atom. The fourth-order valence-corrected chi connectivity index (χ4v) is 1.86. The SMILES string of the molecule is CCOC(=O)c1cnc2c(C(N)=O)cnn2c1C(=O)OCC. The number of primary amides is 1. The van der Waals surface area contributed by atoms with Crippen LogP contribution in [0.25, 0.3) is 5.65 Å². The van der Waals surface area contributed by atoms with Crippen LogP contribution in [-0.4, -0.2) is 45.7 Å². The largest absolute Gasteiger partial charge is 0.462 e. The average molecular weight is 306 g/mol. The number of carbonyl (C=O) groups excluding carboxylic acids is 3. The molecule has 0 aliphatic carbocycles. The van der Waals surface area contributed by atoms with Crippen LogP contribution in [0.1, 0.15) is 45.1 Å². The number of ether oxygens (including phenoxy) is 2. The molecule has 0 atom stereocenters. The van der Waals surface area contributed by atoms with Gasteiger partial charge in [-0.25, -0.2) is 19.1 Å². The minimum absolute atomic E-state index is 0.0287. The summed E-state index contributed by atoms with van der Waals surface area (Å²) in [6, 6.07) is 0. The molecule has 0 fully saturated rings. The maximum Gasteiger partial charge on any atom is 0.358 e. The van der Waals surface area contributed by atoms with Crippen molar-refractivity contribution >= 4 is 23.5 Å². The molecule has 22 heavy (non-hydrogen) atoms. The minimum Gasteiger partial charge on any atom is -0.462 e. The molecule has 2 rings (SSSR count). The van der Waals surface area contributed by atoms with E-state index in [0.29, 0.717) is 0 Å². The molecule has 0 aliphatic heterocycles. The topological polar surface area (TPSA) is 126 Å². The second kappa shape index (κ2) is 6.20. The van der Waals surface area contributed by atoms with Crippen molar-refractivity contribution in [2.24, 2.45) is 5.73 Å². The highest BCUT2D eigenvalue weighted by molar-refractivity contribution is 6.04. The molecule has 0 aliphatic rings. The van der Waals surface area contributed by atoms with Crippen molar-refractivity contribution in [3.05, 3.63) is 29.2 Å². The van der Waals surface area contributed by atoms with Gasteiger partial charge in [0, 0.05) is 6.20 Å². The van der Waals surface area contributed by atoms with Crippen LogP contribution in [0.2, 0.25) is 0 Å². The number of esters is 2. The highest BCUT2D eigenvalue weighted by Crippen LogP contribution is 2.16. The normalized spacial score (nSPS) is 10.5. The van der Waals surface area contributed by atoms with Gasteiger partial charge < -0.3 is 15.2 Å². The Bertz CT molecular complexity index is 752. The summed E-state index contributed by atoms with van der Waals surface area (Å²) in [5.74, 6) is -2.27. The zero-order valence-electron chi connectivity index (χ0n) is 12.0. The van der Waals surface area contributed by atoms with E-state index in [9.17, 15) is 14.4 Å². The van der Waals surface area contributed by atoms with E-state index >= 15 is 0 Å². The first-order chi connectivity index (χ1) is 10.5. The molecule has 0 spiro atoms. The molecule has 0 saturated heterocycles. The summed E-state index contributed by atoms with van der Waals surface area (Å²) in [6.07, 6.45) is 2.30. The van der Waals surface area contributed by atoms with Gasteiger partial charge in [0.1, 0.15) is 11.1 Å². The van der Waals surface area contributed by atoms with Crippen molar-refractivity contribution in [2.45, 2.75) is 13.8 Å². The van der Waals surface area contributed by atoms with Gasteiger partial charge in [-0.1, -0.05) is 0 Å². The minimum atomic E-state index is -0.780. The van der Waals surface area contributed by atoms with Gasteiger partial charge in [-0.05, 0) is 13.8 Å². The van der Waals surface area contributed by atoms with Gasteiger partial charge in [-0.3, -0.25) is 4.79 Å². The molecule has 2 N–H and O–H groups in total. The van der Waals surface area contributed by atoms with Crippen LogP contribution in [0.3, 0.4) is 0 Å². The Kier molecular flexibility index (Phi) is 4.35. The second-order valence-electron chi connectivity index (χ2n) is 4.12. The molecule has 116 valence electrons. The Hall–Kier alpha value is -2.97. The fraction of sp³-hybridized carbons (Fsp3) is 0.308. The van der Waals surface area contributed by atoms with Crippen LogP contribution in [0.15, 0.2) is 12.4 Å². The Labute approximate surface area is 125 Å². The standard InChI is InChI=1S/C13H14N4O5/c1-3-21-12(19)7-5-15-11-8(10(14)18)6-16-17(11)9(7)13(20)22-4-2/h5-6H,3-4H2,1-2H3,(H2,14,18). The van der Waals surface area contributed by atoms with E-state index in [1.165, 1.54) is 6.20 Å². The molecule has 0 unspecified atom stereocenters. The van der Waals surface area contributed by atoms with E-state index in [2.05, 4.69) is 10.1 Å². The molecule has 9 heteroatoms. The Balaban J connectivity index is 2.70. The predicted octanol–water partition coefficient (Wildman–Crippen LogP) is 0.182. The highest BCUT2D eigenvalue weighted by atomic mass is 16.5. The van der Waals surface area contributed by atoms with E-state index in [1.54, 1.807) is 13.8 Å². The zero-order valence-corrected chi connectivity index (χ0v) is 12.0. The molecular weight excluding hydrogens is 292 g/mol. The predicted molar refractivity (Wildman–Crippen MR) is 73.4 cm³/mol. The molecular formula is C13H14N4O5. The third kappa shape index (κ3) is 2.60. The van der Waals surface area contributed by atoms with E-state index < -0.39 is 17.8 Å². The number of rotatable bonds is 5. The lowest BCUT2D eigenvalue weighted by molar-refractivity contribution is 0.0470. The first kappa shape index (κ1) is 15.4. The van der Waals surface area contributed by atoms with Gasteiger partial charge in [0.15, 0.2) is 11.3 Å². The molecule has 2 heterocycles. The average Bonchev–Trinajstić information content (AvgIpc) is 2.90. The van der Waals surface area contributed by atoms with Gasteiger partial charge >= 0.3 is 11.9 Å². The lowest BCUT2D eigenvalue weighted by Crippen LogP contribution is -2.20. The Morgan fingerprint density at radius 1 is 1.09 bits per heavy atom. The van der Waals surface area contributed by atoms with Crippen LogP contribution in [-0.2, 0) is 9.47 Å². The van der Waals surface area contributed by atoms with Gasteiger partial charge in [0.2, 0.25) is 0 Å². The molecule has 0 bridgehead atoms. The van der Waals surface area contributed by atoms with Crippen LogP contribution in [0, 0.1) is 0 Å². The number of carbonyl (C=O) groups is 3. The lowest BCUT2D eigenvalue weighted by Gasteiger charge is -2.09. The summed E-state index contributed by atoms with van der Waals surface area (Å²) in [4.78, 5) is 39.4. The van der Waals surface area contributed by atoms with Gasteiger partial charge in [-0.15, -0.1) is 0 Å². The van der Waals surface area contributed by atoms with Crippen molar-refractivity contribution in [3.63, 3.8) is 0 Å². The molecule has 0 saturated carbocycles. The zero-order chi connectivity index (χ0) is 16.3. The number of fused-ring (bicyclic) bond motifs is 1. The van der Waals surface area contributed by atoms with Gasteiger partial charge in [0.25, 0.3) is 5.91 Å². The summed E-state index contributed by atoms with van der Waals surface area (Å²) in [6.45, 7) is 3.49. The van der Waals surface area contributed by atoms with Crippen LogP contribution < -0.4 is 5.73 Å². The summed E-state index contributed by atoms with van der Waals surface area (Å²) >= 11 is 0. The molecule has 1 amide bonds. The Morgan fingerprint density at radius 2 is 1.73 bits per heavy atom. The summed E-state index contributed by atoms with van der Waals surface area (Å²) in [7, 11) is 0. The monoisotopic (exact) mass is 306 g/mol. The first-order valence-electron chi connectivity index (χ1n) is 6.52. The summed E-state index contributed by atoms with van der Waals surface area (Å²) in [5.41, 5.74) is 5.03. The molecule has 0 aromatic carbocycles. The number of hydrogen-bond acceptors (Lipinski definition) is 7. The third-order valence-electron chi connectivity index (χ3n) is 2.76. The molecule has 2 aromatic heterocycles. The quantitative estimate of drug-likeness (QED) is 0.781. The number of nitrogens with zero attached hydrogens (tertiary/aromatic N) is 3. The summed E-state index contributed by atoms with van der Waals surface area (Å²) in [5, 5.41) is 3.89. The van der Waals surface area contributed by atoms with Gasteiger partial charge in [0.05, 0.1) is 19.4 Å². The maximum absolute atomic E-state index is 12.1. The first-order valence-corrected chi connectivity index (χ1v) is 6.52. The smallest absolute Gasteiger partial charge is 0.358 e. The number of amides is 1. The van der Waals surface area contributed by atoms with Crippen molar-refractivity contribution in [2.75, 3.05) is 13.2 Å². The number of hydrogen-bond donors (Lipinski definition) is 1. The van der Waals surface area contributed by atoms with Crippen LogP contribution in [0.5, 0.6) is 0 Å². The van der Waals surface area contributed by atoms with Crippen molar-refractivity contribution in [1.82, 2.24) is 14.6 Å². The third-order valence-corrected chi connectivity index (χ3v) is 2.76. The fourth-order valence-electron chi connectivity index (χ4n) is 1.86. The van der Waals surface area contributed by atoms with E-state index in [0.717, 1.165) is 10.7 Å². The molecule has 2 aromatic rings. The van der Waals surface area contributed by atoms with E-state index in [4.69, 9.17) is 15.2 Å². The van der Waals surface area contributed by atoms with Crippen molar-refractivity contribution in [1.29, 1.82) is 0 Å². The van der Waals surface area contributed by atoms with Crippen molar-refractivity contribution < 1.29 is 23.9 Å². The molecule has 9 nitrogen and oxygen atoms in total.